The van der Waals surface area contributed by atoms with Gasteiger partial charge in [-0.25, -0.2) is 0 Å². The zero-order valence-corrected chi connectivity index (χ0v) is 12.2. The molecule has 1 aliphatic carbocycles. The molecule has 3 nitrogen and oxygen atoms in total. The fourth-order valence-corrected chi connectivity index (χ4v) is 3.97. The van der Waals surface area contributed by atoms with E-state index in [4.69, 9.17) is 10.5 Å². The zero-order valence-electron chi connectivity index (χ0n) is 12.2. The molecule has 2 rings (SSSR count). The first-order chi connectivity index (χ1) is 8.74. The normalized spacial score (nSPS) is 35.2. The average Bonchev–Trinajstić information content (AvgIpc) is 2.85. The number of likely N-dealkylation sites (tertiary alicyclic amines) is 1. The summed E-state index contributed by atoms with van der Waals surface area (Å²) in [4.78, 5) is 2.70. The summed E-state index contributed by atoms with van der Waals surface area (Å²) in [7, 11) is 1.82. The number of hydrogen-bond acceptors (Lipinski definition) is 3. The van der Waals surface area contributed by atoms with Crippen LogP contribution in [0.25, 0.3) is 0 Å². The van der Waals surface area contributed by atoms with Gasteiger partial charge in [-0.2, -0.15) is 0 Å². The summed E-state index contributed by atoms with van der Waals surface area (Å²) < 4.78 is 5.28. The van der Waals surface area contributed by atoms with Crippen molar-refractivity contribution in [3.8, 4) is 0 Å². The lowest BCUT2D eigenvalue weighted by Gasteiger charge is -2.45. The van der Waals surface area contributed by atoms with Gasteiger partial charge in [-0.15, -0.1) is 0 Å². The molecule has 1 saturated carbocycles. The molecule has 1 heterocycles. The third-order valence-corrected chi connectivity index (χ3v) is 5.33. The highest BCUT2D eigenvalue weighted by atomic mass is 16.5. The predicted octanol–water partition coefficient (Wildman–Crippen LogP) is 2.25. The highest BCUT2D eigenvalue weighted by Crippen LogP contribution is 2.41. The Morgan fingerprint density at radius 1 is 1.22 bits per heavy atom. The maximum absolute atomic E-state index is 6.14. The van der Waals surface area contributed by atoms with Gasteiger partial charge >= 0.3 is 0 Å². The molecule has 18 heavy (non-hydrogen) atoms. The fraction of sp³-hybridized carbons (Fsp3) is 1.00. The van der Waals surface area contributed by atoms with Gasteiger partial charge in [0.2, 0.25) is 0 Å². The van der Waals surface area contributed by atoms with E-state index in [1.54, 1.807) is 0 Å². The summed E-state index contributed by atoms with van der Waals surface area (Å²) in [5.41, 5.74) is 6.48. The highest BCUT2D eigenvalue weighted by Gasteiger charge is 2.42. The third-order valence-electron chi connectivity index (χ3n) is 5.33. The standard InChI is InChI=1S/C15H30N2O/c1-3-13-4-7-15(10-13,12-16)17-8-5-14(6-9-17)11-18-2/h13-14H,3-12,16H2,1-2H3. The molecule has 1 saturated heterocycles. The minimum atomic E-state index is 0.332. The molecule has 106 valence electrons. The van der Waals surface area contributed by atoms with Gasteiger partial charge in [-0.05, 0) is 57.0 Å². The minimum Gasteiger partial charge on any atom is -0.384 e. The molecular weight excluding hydrogens is 224 g/mol. The molecule has 0 spiro atoms. The molecule has 1 aliphatic heterocycles. The third kappa shape index (κ3) is 2.89. The van der Waals surface area contributed by atoms with E-state index in [0.717, 1.165) is 25.0 Å². The molecule has 0 aromatic heterocycles. The largest absolute Gasteiger partial charge is 0.384 e. The lowest BCUT2D eigenvalue weighted by molar-refractivity contribution is 0.0345. The molecule has 2 fully saturated rings. The van der Waals surface area contributed by atoms with Crippen molar-refractivity contribution in [3.05, 3.63) is 0 Å². The molecule has 3 heteroatoms. The molecule has 0 radical (unpaired) electrons. The fourth-order valence-electron chi connectivity index (χ4n) is 3.97. The molecule has 0 aromatic rings. The van der Waals surface area contributed by atoms with Crippen molar-refractivity contribution in [2.45, 2.75) is 51.0 Å². The lowest BCUT2D eigenvalue weighted by atomic mass is 9.88. The second-order valence-electron chi connectivity index (χ2n) is 6.33. The average molecular weight is 254 g/mol. The van der Waals surface area contributed by atoms with Gasteiger partial charge in [0.1, 0.15) is 0 Å². The molecule has 2 unspecified atom stereocenters. The Morgan fingerprint density at radius 3 is 2.44 bits per heavy atom. The van der Waals surface area contributed by atoms with Gasteiger partial charge in [-0.3, -0.25) is 4.90 Å². The van der Waals surface area contributed by atoms with Gasteiger partial charge in [0.15, 0.2) is 0 Å². The van der Waals surface area contributed by atoms with Gasteiger partial charge in [-0.1, -0.05) is 13.3 Å². The van der Waals surface area contributed by atoms with E-state index >= 15 is 0 Å². The van der Waals surface area contributed by atoms with Crippen LogP contribution in [0.2, 0.25) is 0 Å². The minimum absolute atomic E-state index is 0.332. The van der Waals surface area contributed by atoms with Crippen molar-refractivity contribution in [3.63, 3.8) is 0 Å². The van der Waals surface area contributed by atoms with Crippen LogP contribution in [0.15, 0.2) is 0 Å². The van der Waals surface area contributed by atoms with E-state index in [2.05, 4.69) is 11.8 Å². The molecular formula is C15H30N2O. The SMILES string of the molecule is CCC1CCC(CN)(N2CCC(COC)CC2)C1. The maximum Gasteiger partial charge on any atom is 0.0491 e. The second kappa shape index (κ2) is 6.36. The lowest BCUT2D eigenvalue weighted by Crippen LogP contribution is -2.55. The summed E-state index contributed by atoms with van der Waals surface area (Å²) in [5, 5.41) is 0. The van der Waals surface area contributed by atoms with Gasteiger partial charge < -0.3 is 10.5 Å². The summed E-state index contributed by atoms with van der Waals surface area (Å²) >= 11 is 0. The van der Waals surface area contributed by atoms with Crippen LogP contribution in [0, 0.1) is 11.8 Å². The molecule has 2 atom stereocenters. The topological polar surface area (TPSA) is 38.5 Å². The Morgan fingerprint density at radius 2 is 1.94 bits per heavy atom. The van der Waals surface area contributed by atoms with Crippen molar-refractivity contribution < 1.29 is 4.74 Å². The van der Waals surface area contributed by atoms with E-state index in [-0.39, 0.29) is 0 Å². The number of rotatable bonds is 5. The monoisotopic (exact) mass is 254 g/mol. The van der Waals surface area contributed by atoms with Gasteiger partial charge in [0.05, 0.1) is 0 Å². The maximum atomic E-state index is 6.14. The van der Waals surface area contributed by atoms with E-state index in [1.165, 1.54) is 51.6 Å². The molecule has 2 aliphatic rings. The van der Waals surface area contributed by atoms with E-state index in [9.17, 15) is 0 Å². The highest BCUT2D eigenvalue weighted by molar-refractivity contribution is 4.99. The summed E-state index contributed by atoms with van der Waals surface area (Å²) in [6.45, 7) is 6.55. The Hall–Kier alpha value is -0.120. The Balaban J connectivity index is 1.90. The second-order valence-corrected chi connectivity index (χ2v) is 6.33. The smallest absolute Gasteiger partial charge is 0.0491 e. The van der Waals surface area contributed by atoms with Crippen LogP contribution in [-0.2, 0) is 4.74 Å². The van der Waals surface area contributed by atoms with E-state index in [1.807, 2.05) is 7.11 Å². The van der Waals surface area contributed by atoms with Crippen LogP contribution in [0.3, 0.4) is 0 Å². The van der Waals surface area contributed by atoms with Crippen LogP contribution in [-0.4, -0.2) is 43.8 Å². The first-order valence-electron chi connectivity index (χ1n) is 7.68. The molecule has 0 amide bonds. The number of hydrogen-bond donors (Lipinski definition) is 1. The van der Waals surface area contributed by atoms with Crippen molar-refractivity contribution in [2.75, 3.05) is 33.4 Å². The van der Waals surface area contributed by atoms with Crippen molar-refractivity contribution in [1.29, 1.82) is 0 Å². The summed E-state index contributed by atoms with van der Waals surface area (Å²) in [6, 6.07) is 0. The summed E-state index contributed by atoms with van der Waals surface area (Å²) in [6.07, 6.45) is 7.91. The Bertz CT molecular complexity index is 251. The zero-order chi connectivity index (χ0) is 13.0. The number of piperidine rings is 1. The van der Waals surface area contributed by atoms with E-state index < -0.39 is 0 Å². The first-order valence-corrected chi connectivity index (χ1v) is 7.68. The number of nitrogens with zero attached hydrogens (tertiary/aromatic N) is 1. The van der Waals surface area contributed by atoms with Gasteiger partial charge in [0.25, 0.3) is 0 Å². The van der Waals surface area contributed by atoms with E-state index in [0.29, 0.717) is 5.54 Å². The van der Waals surface area contributed by atoms with Crippen molar-refractivity contribution in [2.24, 2.45) is 17.6 Å². The molecule has 2 N–H and O–H groups in total. The summed E-state index contributed by atoms with van der Waals surface area (Å²) in [5.74, 6) is 1.68. The van der Waals surface area contributed by atoms with Crippen molar-refractivity contribution >= 4 is 0 Å². The Kier molecular flexibility index (Phi) is 5.05. The number of ether oxygens (including phenoxy) is 1. The number of nitrogens with two attached hydrogens (primary N) is 1. The van der Waals surface area contributed by atoms with Crippen LogP contribution in [0.5, 0.6) is 0 Å². The van der Waals surface area contributed by atoms with Crippen molar-refractivity contribution in [1.82, 2.24) is 4.90 Å². The quantitative estimate of drug-likeness (QED) is 0.818. The Labute approximate surface area is 112 Å². The van der Waals surface area contributed by atoms with Crippen LogP contribution >= 0.6 is 0 Å². The van der Waals surface area contributed by atoms with Crippen LogP contribution < -0.4 is 5.73 Å². The first kappa shape index (κ1) is 14.3. The van der Waals surface area contributed by atoms with Crippen LogP contribution in [0.1, 0.15) is 45.4 Å². The van der Waals surface area contributed by atoms with Gasteiger partial charge in [0, 0.05) is 25.8 Å². The van der Waals surface area contributed by atoms with Crippen LogP contribution in [0.4, 0.5) is 0 Å². The molecule has 0 aromatic carbocycles. The molecule has 0 bridgehead atoms. The number of methoxy groups -OCH3 is 1. The predicted molar refractivity (Wildman–Crippen MR) is 75.6 cm³/mol.